The Balaban J connectivity index is 1.99. The molecular formula is C18H24N2O2. The lowest BCUT2D eigenvalue weighted by molar-refractivity contribution is -0.126. The van der Waals surface area contributed by atoms with Gasteiger partial charge in [0.15, 0.2) is 0 Å². The van der Waals surface area contributed by atoms with E-state index in [0.717, 1.165) is 18.4 Å². The monoisotopic (exact) mass is 300 g/mol. The number of aliphatic hydroxyl groups excluding tert-OH is 1. The Bertz CT molecular complexity index is 569. The summed E-state index contributed by atoms with van der Waals surface area (Å²) in [5.74, 6) is 0.185. The molecule has 118 valence electrons. The van der Waals surface area contributed by atoms with Crippen LogP contribution in [-0.4, -0.2) is 23.7 Å². The Morgan fingerprint density at radius 3 is 2.77 bits per heavy atom. The zero-order chi connectivity index (χ0) is 16.2. The summed E-state index contributed by atoms with van der Waals surface area (Å²) in [6.45, 7) is 3.96. The van der Waals surface area contributed by atoms with Crippen LogP contribution in [0.25, 0.3) is 0 Å². The van der Waals surface area contributed by atoms with Gasteiger partial charge >= 0.3 is 0 Å². The highest BCUT2D eigenvalue weighted by molar-refractivity contribution is 5.87. The Hall–Kier alpha value is -1.86. The van der Waals surface area contributed by atoms with Crippen molar-refractivity contribution in [2.45, 2.75) is 51.0 Å². The minimum atomic E-state index is -0.734. The number of nitriles is 1. The number of hydrogen-bond donors (Lipinski definition) is 2. The summed E-state index contributed by atoms with van der Waals surface area (Å²) in [6, 6.07) is 9.20. The van der Waals surface area contributed by atoms with E-state index in [4.69, 9.17) is 5.26 Å². The van der Waals surface area contributed by atoms with E-state index in [1.165, 1.54) is 12.8 Å². The quantitative estimate of drug-likeness (QED) is 0.877. The topological polar surface area (TPSA) is 73.1 Å². The lowest BCUT2D eigenvalue weighted by Crippen LogP contribution is -2.44. The molecule has 0 aromatic heterocycles. The van der Waals surface area contributed by atoms with Crippen LogP contribution in [0.5, 0.6) is 0 Å². The number of hydrogen-bond acceptors (Lipinski definition) is 3. The molecule has 1 atom stereocenters. The van der Waals surface area contributed by atoms with Crippen molar-refractivity contribution in [3.8, 4) is 6.07 Å². The van der Waals surface area contributed by atoms with E-state index in [1.54, 1.807) is 18.2 Å². The van der Waals surface area contributed by atoms with Gasteiger partial charge in [0.1, 0.15) is 0 Å². The standard InChI is InChI=1S/C18H24N2O2/c1-18(2,15-9-5-6-13(10-15)11-19)17(22)20-12-16(21)14-7-3-4-8-14/h5-6,9-10,14,16,21H,3-4,7-8,12H2,1-2H3,(H,20,22). The van der Waals surface area contributed by atoms with Crippen molar-refractivity contribution >= 4 is 5.91 Å². The van der Waals surface area contributed by atoms with Gasteiger partial charge in [-0.1, -0.05) is 25.0 Å². The summed E-state index contributed by atoms with van der Waals surface area (Å²) < 4.78 is 0. The first-order valence-electron chi connectivity index (χ1n) is 7.92. The van der Waals surface area contributed by atoms with Crippen molar-refractivity contribution in [1.29, 1.82) is 5.26 Å². The first-order valence-corrected chi connectivity index (χ1v) is 7.92. The average Bonchev–Trinajstić information content (AvgIpc) is 3.06. The molecule has 0 heterocycles. The van der Waals surface area contributed by atoms with Crippen LogP contribution in [0.3, 0.4) is 0 Å². The number of aliphatic hydroxyl groups is 1. The first kappa shape index (κ1) is 16.5. The molecular weight excluding hydrogens is 276 g/mol. The highest BCUT2D eigenvalue weighted by atomic mass is 16.3. The highest BCUT2D eigenvalue weighted by Crippen LogP contribution is 2.28. The van der Waals surface area contributed by atoms with Crippen molar-refractivity contribution in [1.82, 2.24) is 5.32 Å². The molecule has 0 saturated heterocycles. The lowest BCUT2D eigenvalue weighted by Gasteiger charge is -2.26. The minimum Gasteiger partial charge on any atom is -0.391 e. The van der Waals surface area contributed by atoms with Crippen LogP contribution in [0.4, 0.5) is 0 Å². The van der Waals surface area contributed by atoms with Crippen molar-refractivity contribution < 1.29 is 9.90 Å². The predicted octanol–water partition coefficient (Wildman–Crippen LogP) is 2.50. The summed E-state index contributed by atoms with van der Waals surface area (Å²) in [7, 11) is 0. The Morgan fingerprint density at radius 1 is 1.45 bits per heavy atom. The zero-order valence-corrected chi connectivity index (χ0v) is 13.3. The summed E-state index contributed by atoms with van der Waals surface area (Å²) >= 11 is 0. The SMILES string of the molecule is CC(C)(C(=O)NCC(O)C1CCCC1)c1cccc(C#N)c1. The average molecular weight is 300 g/mol. The van der Waals surface area contributed by atoms with Gasteiger partial charge in [0, 0.05) is 6.54 Å². The van der Waals surface area contributed by atoms with Crippen LogP contribution < -0.4 is 5.32 Å². The lowest BCUT2D eigenvalue weighted by atomic mass is 9.83. The van der Waals surface area contributed by atoms with Gasteiger partial charge in [-0.3, -0.25) is 4.79 Å². The molecule has 4 nitrogen and oxygen atoms in total. The van der Waals surface area contributed by atoms with Gasteiger partial charge in [0.2, 0.25) is 5.91 Å². The first-order chi connectivity index (χ1) is 10.4. The molecule has 22 heavy (non-hydrogen) atoms. The highest BCUT2D eigenvalue weighted by Gasteiger charge is 2.31. The zero-order valence-electron chi connectivity index (χ0n) is 13.3. The summed E-state index contributed by atoms with van der Waals surface area (Å²) in [4.78, 5) is 12.5. The Labute approximate surface area is 132 Å². The molecule has 2 N–H and O–H groups in total. The second kappa shape index (κ2) is 6.93. The second-order valence-electron chi connectivity index (χ2n) is 6.64. The van der Waals surface area contributed by atoms with E-state index in [1.807, 2.05) is 19.9 Å². The summed E-state index contributed by atoms with van der Waals surface area (Å²) in [6.07, 6.45) is 3.96. The molecule has 1 aromatic rings. The van der Waals surface area contributed by atoms with Crippen LogP contribution in [0, 0.1) is 17.2 Å². The fraction of sp³-hybridized carbons (Fsp3) is 0.556. The maximum absolute atomic E-state index is 12.5. The smallest absolute Gasteiger partial charge is 0.230 e. The van der Waals surface area contributed by atoms with Crippen molar-refractivity contribution in [3.63, 3.8) is 0 Å². The van der Waals surface area contributed by atoms with Crippen LogP contribution >= 0.6 is 0 Å². The van der Waals surface area contributed by atoms with Gasteiger partial charge in [-0.05, 0) is 50.3 Å². The normalized spacial score (nSPS) is 17.0. The molecule has 1 aliphatic carbocycles. The van der Waals surface area contributed by atoms with Gasteiger partial charge < -0.3 is 10.4 Å². The van der Waals surface area contributed by atoms with Gasteiger partial charge in [-0.15, -0.1) is 0 Å². The molecule has 1 unspecified atom stereocenters. The Morgan fingerprint density at radius 2 is 2.14 bits per heavy atom. The largest absolute Gasteiger partial charge is 0.391 e. The number of carbonyl (C=O) groups is 1. The van der Waals surface area contributed by atoms with Gasteiger partial charge in [-0.2, -0.15) is 5.26 Å². The van der Waals surface area contributed by atoms with E-state index < -0.39 is 11.5 Å². The van der Waals surface area contributed by atoms with Gasteiger partial charge in [-0.25, -0.2) is 0 Å². The fourth-order valence-electron chi connectivity index (χ4n) is 3.04. The molecule has 0 spiro atoms. The van der Waals surface area contributed by atoms with E-state index in [2.05, 4.69) is 11.4 Å². The predicted molar refractivity (Wildman–Crippen MR) is 85.2 cm³/mol. The van der Waals surface area contributed by atoms with Crippen LogP contribution in [0.15, 0.2) is 24.3 Å². The molecule has 2 rings (SSSR count). The maximum Gasteiger partial charge on any atom is 0.230 e. The maximum atomic E-state index is 12.5. The van der Waals surface area contributed by atoms with Gasteiger partial charge in [0.25, 0.3) is 0 Å². The number of rotatable bonds is 5. The van der Waals surface area contributed by atoms with E-state index in [0.29, 0.717) is 18.0 Å². The molecule has 0 aliphatic heterocycles. The molecule has 1 aliphatic rings. The van der Waals surface area contributed by atoms with Crippen LogP contribution in [0.2, 0.25) is 0 Å². The minimum absolute atomic E-state index is 0.125. The molecule has 1 fully saturated rings. The number of benzene rings is 1. The molecule has 4 heteroatoms. The number of carbonyl (C=O) groups excluding carboxylic acids is 1. The van der Waals surface area contributed by atoms with E-state index >= 15 is 0 Å². The van der Waals surface area contributed by atoms with Crippen molar-refractivity contribution in [2.24, 2.45) is 5.92 Å². The molecule has 1 saturated carbocycles. The molecule has 0 bridgehead atoms. The van der Waals surface area contributed by atoms with Gasteiger partial charge in [0.05, 0.1) is 23.2 Å². The molecule has 1 aromatic carbocycles. The Kier molecular flexibility index (Phi) is 5.20. The molecule has 1 amide bonds. The second-order valence-corrected chi connectivity index (χ2v) is 6.64. The number of amides is 1. The number of nitrogens with one attached hydrogen (secondary N) is 1. The third-order valence-corrected chi connectivity index (χ3v) is 4.70. The van der Waals surface area contributed by atoms with Crippen molar-refractivity contribution in [2.75, 3.05) is 6.54 Å². The fourth-order valence-corrected chi connectivity index (χ4v) is 3.04. The van der Waals surface area contributed by atoms with Crippen LogP contribution in [-0.2, 0) is 10.2 Å². The third kappa shape index (κ3) is 3.66. The summed E-state index contributed by atoms with van der Waals surface area (Å²) in [5, 5.41) is 22.0. The molecule has 0 radical (unpaired) electrons. The van der Waals surface area contributed by atoms with E-state index in [-0.39, 0.29) is 5.91 Å². The van der Waals surface area contributed by atoms with E-state index in [9.17, 15) is 9.90 Å². The van der Waals surface area contributed by atoms with Crippen molar-refractivity contribution in [3.05, 3.63) is 35.4 Å². The summed E-state index contributed by atoms with van der Waals surface area (Å²) in [5.41, 5.74) is 0.617. The van der Waals surface area contributed by atoms with Crippen LogP contribution in [0.1, 0.15) is 50.7 Å². The third-order valence-electron chi connectivity index (χ3n) is 4.70. The number of nitrogens with zero attached hydrogens (tertiary/aromatic N) is 1.